The van der Waals surface area contributed by atoms with Gasteiger partial charge in [-0.1, -0.05) is 43.3 Å². The van der Waals surface area contributed by atoms with Crippen molar-refractivity contribution in [2.24, 2.45) is 5.41 Å². The third-order valence-electron chi connectivity index (χ3n) is 9.49. The van der Waals surface area contributed by atoms with Gasteiger partial charge in [-0.2, -0.15) is 0 Å². The molecule has 1 saturated heterocycles. The fourth-order valence-electron chi connectivity index (χ4n) is 7.00. The molecule has 9 heteroatoms. The van der Waals surface area contributed by atoms with Crippen LogP contribution >= 0.6 is 0 Å². The average Bonchev–Trinajstić information content (AvgIpc) is 3.50. The highest BCUT2D eigenvalue weighted by atomic mass is 16.2. The first-order chi connectivity index (χ1) is 20.7. The zero-order valence-corrected chi connectivity index (χ0v) is 25.2. The molecule has 1 atom stereocenters. The van der Waals surface area contributed by atoms with Crippen molar-refractivity contribution in [3.05, 3.63) is 88.1 Å². The van der Waals surface area contributed by atoms with Gasteiger partial charge < -0.3 is 26.2 Å². The SMILES string of the molecule is CNCc1ccccc1CN(CC(=O)Nc1cc2c(cc1C)CC1(C2)C(=O)Nc2ncccc21)C(=O)C1(C)CCNCC1. The number of fused-ring (bicyclic) bond motifs is 3. The third-order valence-corrected chi connectivity index (χ3v) is 9.49. The molecular weight excluding hydrogens is 540 g/mol. The van der Waals surface area contributed by atoms with Gasteiger partial charge in [-0.3, -0.25) is 14.4 Å². The van der Waals surface area contributed by atoms with Gasteiger partial charge in [0.05, 0.1) is 5.41 Å². The Kier molecular flexibility index (Phi) is 7.79. The molecule has 3 aromatic rings. The first-order valence-corrected chi connectivity index (χ1v) is 15.1. The molecule has 1 unspecified atom stereocenters. The summed E-state index contributed by atoms with van der Waals surface area (Å²) in [4.78, 5) is 46.9. The lowest BCUT2D eigenvalue weighted by Gasteiger charge is -2.37. The van der Waals surface area contributed by atoms with Crippen molar-refractivity contribution in [3.63, 3.8) is 0 Å². The van der Waals surface area contributed by atoms with Crippen LogP contribution in [0.4, 0.5) is 11.5 Å². The van der Waals surface area contributed by atoms with Crippen LogP contribution in [-0.2, 0) is 45.7 Å². The van der Waals surface area contributed by atoms with Crippen molar-refractivity contribution in [1.29, 1.82) is 0 Å². The summed E-state index contributed by atoms with van der Waals surface area (Å²) in [5.74, 6) is 0.380. The van der Waals surface area contributed by atoms with Crippen molar-refractivity contribution in [3.8, 4) is 0 Å². The quantitative estimate of drug-likeness (QED) is 0.325. The molecule has 4 N–H and O–H groups in total. The van der Waals surface area contributed by atoms with Gasteiger partial charge in [0.1, 0.15) is 12.4 Å². The zero-order chi connectivity index (χ0) is 30.2. The van der Waals surface area contributed by atoms with Gasteiger partial charge in [-0.25, -0.2) is 4.98 Å². The van der Waals surface area contributed by atoms with Crippen LogP contribution in [0.1, 0.15) is 53.1 Å². The Morgan fingerprint density at radius 1 is 1.02 bits per heavy atom. The molecule has 43 heavy (non-hydrogen) atoms. The van der Waals surface area contributed by atoms with E-state index in [-0.39, 0.29) is 24.3 Å². The molecular formula is C34H40N6O3. The lowest BCUT2D eigenvalue weighted by molar-refractivity contribution is -0.145. The molecule has 0 saturated carbocycles. The summed E-state index contributed by atoms with van der Waals surface area (Å²) < 4.78 is 0. The van der Waals surface area contributed by atoms with E-state index in [1.165, 1.54) is 0 Å². The number of nitrogens with one attached hydrogen (secondary N) is 4. The van der Waals surface area contributed by atoms with E-state index in [9.17, 15) is 14.4 Å². The van der Waals surface area contributed by atoms with E-state index >= 15 is 0 Å². The van der Waals surface area contributed by atoms with Crippen molar-refractivity contribution >= 4 is 29.2 Å². The zero-order valence-electron chi connectivity index (χ0n) is 25.2. The number of piperidine rings is 1. The molecule has 6 rings (SSSR count). The number of hydrogen-bond acceptors (Lipinski definition) is 6. The lowest BCUT2D eigenvalue weighted by atomic mass is 9.79. The Morgan fingerprint density at radius 3 is 2.49 bits per heavy atom. The Bertz CT molecular complexity index is 1580. The van der Waals surface area contributed by atoms with Crippen LogP contribution in [0.3, 0.4) is 0 Å². The van der Waals surface area contributed by atoms with Crippen molar-refractivity contribution in [2.75, 3.05) is 37.3 Å². The Hall–Kier alpha value is -4.08. The fourth-order valence-corrected chi connectivity index (χ4v) is 7.00. The molecule has 3 heterocycles. The molecule has 1 spiro atoms. The normalized spacial score (nSPS) is 19.9. The summed E-state index contributed by atoms with van der Waals surface area (Å²) in [5.41, 5.74) is 5.66. The fraction of sp³-hybridized carbons (Fsp3) is 0.412. The highest BCUT2D eigenvalue weighted by Crippen LogP contribution is 2.47. The summed E-state index contributed by atoms with van der Waals surface area (Å²) in [7, 11) is 1.90. The molecule has 1 aromatic heterocycles. The number of hydrogen-bond donors (Lipinski definition) is 4. The molecule has 0 bridgehead atoms. The van der Waals surface area contributed by atoms with E-state index in [1.54, 1.807) is 11.1 Å². The van der Waals surface area contributed by atoms with Crippen LogP contribution in [0.25, 0.3) is 0 Å². The van der Waals surface area contributed by atoms with Gasteiger partial charge in [0.25, 0.3) is 0 Å². The van der Waals surface area contributed by atoms with E-state index in [0.717, 1.165) is 59.3 Å². The average molecular weight is 581 g/mol. The van der Waals surface area contributed by atoms with Crippen LogP contribution < -0.4 is 21.3 Å². The second kappa shape index (κ2) is 11.5. The summed E-state index contributed by atoms with van der Waals surface area (Å²) in [6.45, 7) is 6.56. The Labute approximate surface area is 252 Å². The van der Waals surface area contributed by atoms with Crippen LogP contribution in [0.15, 0.2) is 54.7 Å². The van der Waals surface area contributed by atoms with E-state index in [2.05, 4.69) is 38.4 Å². The number of pyridine rings is 1. The third kappa shape index (κ3) is 5.43. The molecule has 2 aromatic carbocycles. The Morgan fingerprint density at radius 2 is 1.74 bits per heavy atom. The maximum Gasteiger partial charge on any atom is 0.244 e. The molecule has 224 valence electrons. The molecule has 3 amide bonds. The van der Waals surface area contributed by atoms with E-state index in [1.807, 2.05) is 57.3 Å². The van der Waals surface area contributed by atoms with Gasteiger partial charge in [0, 0.05) is 36.0 Å². The number of rotatable bonds is 8. The van der Waals surface area contributed by atoms with Crippen molar-refractivity contribution in [1.82, 2.24) is 20.5 Å². The van der Waals surface area contributed by atoms with Gasteiger partial charge >= 0.3 is 0 Å². The van der Waals surface area contributed by atoms with Crippen LogP contribution in [0.5, 0.6) is 0 Å². The second-order valence-corrected chi connectivity index (χ2v) is 12.5. The van der Waals surface area contributed by atoms with Crippen molar-refractivity contribution in [2.45, 2.75) is 58.0 Å². The summed E-state index contributed by atoms with van der Waals surface area (Å²) in [5, 5.41) is 12.6. The molecule has 3 aliphatic rings. The molecule has 9 nitrogen and oxygen atoms in total. The van der Waals surface area contributed by atoms with Crippen LogP contribution in [0.2, 0.25) is 0 Å². The lowest BCUT2D eigenvalue weighted by Crippen LogP contribution is -2.49. The van der Waals surface area contributed by atoms with Gasteiger partial charge in [-0.15, -0.1) is 0 Å². The molecule has 1 fully saturated rings. The van der Waals surface area contributed by atoms with E-state index in [0.29, 0.717) is 37.4 Å². The first-order valence-electron chi connectivity index (χ1n) is 15.1. The predicted molar refractivity (Wildman–Crippen MR) is 167 cm³/mol. The molecule has 1 aliphatic carbocycles. The number of benzene rings is 2. The predicted octanol–water partition coefficient (Wildman–Crippen LogP) is 3.46. The minimum Gasteiger partial charge on any atom is -0.329 e. The number of aromatic nitrogens is 1. The number of amides is 3. The molecule has 0 radical (unpaired) electrons. The van der Waals surface area contributed by atoms with Crippen molar-refractivity contribution < 1.29 is 14.4 Å². The van der Waals surface area contributed by atoms with Crippen LogP contribution in [-0.4, -0.2) is 54.3 Å². The van der Waals surface area contributed by atoms with Gasteiger partial charge in [0.15, 0.2) is 0 Å². The maximum absolute atomic E-state index is 14.0. The van der Waals surface area contributed by atoms with E-state index in [4.69, 9.17) is 0 Å². The minimum atomic E-state index is -0.671. The second-order valence-electron chi connectivity index (χ2n) is 12.5. The first kappa shape index (κ1) is 29.0. The number of carbonyl (C=O) groups excluding carboxylic acids is 3. The highest BCUT2D eigenvalue weighted by Gasteiger charge is 2.51. The number of carbonyl (C=O) groups is 3. The Balaban J connectivity index is 1.23. The monoisotopic (exact) mass is 580 g/mol. The van der Waals surface area contributed by atoms with Crippen LogP contribution in [0, 0.1) is 12.3 Å². The maximum atomic E-state index is 14.0. The van der Waals surface area contributed by atoms with E-state index < -0.39 is 10.8 Å². The summed E-state index contributed by atoms with van der Waals surface area (Å²) in [6, 6.07) is 16.0. The summed E-state index contributed by atoms with van der Waals surface area (Å²) >= 11 is 0. The standard InChI is InChI=1S/C34H40N6O3/c1-22-15-25-17-34(27-9-6-12-37-30(27)39-31(34)42)18-26(25)16-28(22)38-29(41)21-40(32(43)33(2)10-13-36-14-11-33)20-24-8-5-4-7-23(24)19-35-3/h4-9,12,15-16,35-36H,10-11,13-14,17-21H2,1-3H3,(H,38,41)(H,37,39,42). The summed E-state index contributed by atoms with van der Waals surface area (Å²) in [6.07, 6.45) is 4.32. The number of nitrogens with zero attached hydrogens (tertiary/aromatic N) is 2. The largest absolute Gasteiger partial charge is 0.329 e. The molecule has 2 aliphatic heterocycles. The highest BCUT2D eigenvalue weighted by molar-refractivity contribution is 6.06. The minimum absolute atomic E-state index is 0.00977. The smallest absolute Gasteiger partial charge is 0.244 e. The number of anilines is 2. The topological polar surface area (TPSA) is 115 Å². The van der Waals surface area contributed by atoms with Gasteiger partial charge in [0.2, 0.25) is 17.7 Å². The van der Waals surface area contributed by atoms with Gasteiger partial charge in [-0.05, 0) is 92.7 Å². The number of aryl methyl sites for hydroxylation is 1.